The molecule has 1 heterocycles. The van der Waals surface area contributed by atoms with Gasteiger partial charge in [-0.15, -0.1) is 0 Å². The molecule has 0 spiro atoms. The zero-order valence-electron chi connectivity index (χ0n) is 11.3. The molecule has 1 aliphatic rings. The lowest BCUT2D eigenvalue weighted by Gasteiger charge is -2.35. The number of amides is 1. The first kappa shape index (κ1) is 15.1. The fourth-order valence-corrected chi connectivity index (χ4v) is 1.81. The predicted octanol–water partition coefficient (Wildman–Crippen LogP) is 1.64. The number of carbonyl (C=O) groups is 1. The summed E-state index contributed by atoms with van der Waals surface area (Å²) in [5.41, 5.74) is -0.428. The molecule has 1 fully saturated rings. The summed E-state index contributed by atoms with van der Waals surface area (Å²) in [7, 11) is 0. The Hall–Kier alpha value is -0.970. The molecule has 0 unspecified atom stereocenters. The molecule has 6 heteroatoms. The fraction of sp³-hybridized carbons (Fsp3) is 0.833. The number of piperazine rings is 1. The molecule has 5 nitrogen and oxygen atoms in total. The van der Waals surface area contributed by atoms with Crippen molar-refractivity contribution in [1.29, 1.82) is 0 Å². The van der Waals surface area contributed by atoms with Gasteiger partial charge in [0.05, 0.1) is 11.7 Å². The minimum absolute atomic E-state index is 0.223. The Morgan fingerprint density at radius 1 is 1.33 bits per heavy atom. The van der Waals surface area contributed by atoms with E-state index in [4.69, 9.17) is 4.74 Å². The molecule has 0 saturated carbocycles. The lowest BCUT2D eigenvalue weighted by Crippen LogP contribution is -2.50. The third kappa shape index (κ3) is 5.58. The van der Waals surface area contributed by atoms with Gasteiger partial charge in [0, 0.05) is 32.7 Å². The van der Waals surface area contributed by atoms with Crippen LogP contribution in [0.3, 0.4) is 0 Å². The van der Waals surface area contributed by atoms with E-state index in [0.717, 1.165) is 19.6 Å². The Labute approximate surface area is 114 Å². The van der Waals surface area contributed by atoms with Crippen LogP contribution < -0.4 is 0 Å². The molecule has 1 amide bonds. The van der Waals surface area contributed by atoms with Gasteiger partial charge in [-0.3, -0.25) is 4.90 Å². The Kier molecular flexibility index (Phi) is 5.72. The van der Waals surface area contributed by atoms with Gasteiger partial charge in [0.25, 0.3) is 0 Å². The lowest BCUT2D eigenvalue weighted by atomic mass is 10.2. The highest BCUT2D eigenvalue weighted by atomic mass is 32.1. The Morgan fingerprint density at radius 3 is 2.44 bits per heavy atom. The molecular formula is C12H21N3O2S. The zero-order valence-corrected chi connectivity index (χ0v) is 12.1. The molecule has 0 N–H and O–H groups in total. The summed E-state index contributed by atoms with van der Waals surface area (Å²) >= 11 is 4.52. The summed E-state index contributed by atoms with van der Waals surface area (Å²) in [5, 5.41) is 2.36. The van der Waals surface area contributed by atoms with Gasteiger partial charge in [0.1, 0.15) is 5.60 Å². The smallest absolute Gasteiger partial charge is 0.410 e. The molecule has 102 valence electrons. The molecule has 18 heavy (non-hydrogen) atoms. The molecule has 0 aromatic carbocycles. The molecule has 1 rings (SSSR count). The van der Waals surface area contributed by atoms with Gasteiger partial charge in [-0.1, -0.05) is 0 Å². The zero-order chi connectivity index (χ0) is 13.6. The number of ether oxygens (including phenoxy) is 1. The van der Waals surface area contributed by atoms with Crippen LogP contribution in [0.5, 0.6) is 0 Å². The van der Waals surface area contributed by atoms with Crippen molar-refractivity contribution in [3.63, 3.8) is 0 Å². The van der Waals surface area contributed by atoms with Crippen molar-refractivity contribution in [3.8, 4) is 0 Å². The first-order chi connectivity index (χ1) is 8.42. The van der Waals surface area contributed by atoms with Gasteiger partial charge in [-0.05, 0) is 33.0 Å². The van der Waals surface area contributed by atoms with Crippen molar-refractivity contribution in [2.75, 3.05) is 39.3 Å². The molecule has 0 aliphatic carbocycles. The van der Waals surface area contributed by atoms with Gasteiger partial charge in [0.2, 0.25) is 0 Å². The van der Waals surface area contributed by atoms with Crippen LogP contribution in [0.2, 0.25) is 0 Å². The Morgan fingerprint density at radius 2 is 1.94 bits per heavy atom. The first-order valence-electron chi connectivity index (χ1n) is 6.16. The summed E-state index contributed by atoms with van der Waals surface area (Å²) in [6.07, 6.45) is -0.223. The van der Waals surface area contributed by atoms with Gasteiger partial charge in [0.15, 0.2) is 0 Å². The highest BCUT2D eigenvalue weighted by Gasteiger charge is 2.25. The molecule has 1 saturated heterocycles. The molecule has 0 aromatic heterocycles. The van der Waals surface area contributed by atoms with E-state index in [-0.39, 0.29) is 6.09 Å². The van der Waals surface area contributed by atoms with Gasteiger partial charge < -0.3 is 9.64 Å². The number of isothiocyanates is 1. The lowest BCUT2D eigenvalue weighted by molar-refractivity contribution is 0.0148. The number of carbonyl (C=O) groups excluding carboxylic acids is 1. The largest absolute Gasteiger partial charge is 0.444 e. The van der Waals surface area contributed by atoms with E-state index in [0.29, 0.717) is 19.6 Å². The van der Waals surface area contributed by atoms with Crippen molar-refractivity contribution in [2.45, 2.75) is 26.4 Å². The van der Waals surface area contributed by atoms with Gasteiger partial charge >= 0.3 is 6.09 Å². The van der Waals surface area contributed by atoms with Crippen LogP contribution in [0.25, 0.3) is 0 Å². The highest BCUT2D eigenvalue weighted by molar-refractivity contribution is 7.78. The van der Waals surface area contributed by atoms with Crippen LogP contribution in [-0.4, -0.2) is 65.9 Å². The minimum Gasteiger partial charge on any atom is -0.444 e. The number of rotatable bonds is 3. The topological polar surface area (TPSA) is 45.1 Å². The third-order valence-electron chi connectivity index (χ3n) is 2.62. The maximum absolute atomic E-state index is 11.8. The third-order valence-corrected chi connectivity index (χ3v) is 2.75. The predicted molar refractivity (Wildman–Crippen MR) is 74.1 cm³/mol. The Bertz CT molecular complexity index is 327. The minimum atomic E-state index is -0.428. The van der Waals surface area contributed by atoms with E-state index in [2.05, 4.69) is 27.3 Å². The average Bonchev–Trinajstić information content (AvgIpc) is 2.28. The van der Waals surface area contributed by atoms with E-state index >= 15 is 0 Å². The van der Waals surface area contributed by atoms with E-state index in [9.17, 15) is 4.79 Å². The van der Waals surface area contributed by atoms with Crippen LogP contribution in [0.15, 0.2) is 4.99 Å². The second kappa shape index (κ2) is 6.83. The van der Waals surface area contributed by atoms with Crippen molar-refractivity contribution in [3.05, 3.63) is 0 Å². The maximum Gasteiger partial charge on any atom is 0.410 e. The van der Waals surface area contributed by atoms with E-state index in [1.807, 2.05) is 20.8 Å². The second-order valence-corrected chi connectivity index (χ2v) is 5.46. The number of nitrogens with zero attached hydrogens (tertiary/aromatic N) is 3. The fourth-order valence-electron chi connectivity index (χ4n) is 1.72. The van der Waals surface area contributed by atoms with Gasteiger partial charge in [-0.2, -0.15) is 0 Å². The van der Waals surface area contributed by atoms with Crippen LogP contribution in [-0.2, 0) is 4.74 Å². The summed E-state index contributed by atoms with van der Waals surface area (Å²) in [6.45, 7) is 10.3. The molecular weight excluding hydrogens is 250 g/mol. The molecule has 0 aromatic rings. The average molecular weight is 271 g/mol. The SMILES string of the molecule is CC(C)(C)OC(=O)N1CCN(CCN=C=S)CC1. The van der Waals surface area contributed by atoms with Crippen molar-refractivity contribution in [2.24, 2.45) is 4.99 Å². The van der Waals surface area contributed by atoms with Gasteiger partial charge in [-0.25, -0.2) is 9.79 Å². The highest BCUT2D eigenvalue weighted by Crippen LogP contribution is 2.11. The summed E-state index contributed by atoms with van der Waals surface area (Å²) in [4.78, 5) is 19.7. The van der Waals surface area contributed by atoms with Crippen LogP contribution in [0, 0.1) is 0 Å². The van der Waals surface area contributed by atoms with Crippen LogP contribution in [0.4, 0.5) is 4.79 Å². The monoisotopic (exact) mass is 271 g/mol. The van der Waals surface area contributed by atoms with E-state index < -0.39 is 5.60 Å². The molecule has 0 atom stereocenters. The quantitative estimate of drug-likeness (QED) is 0.578. The molecule has 0 bridgehead atoms. The number of hydrogen-bond donors (Lipinski definition) is 0. The second-order valence-electron chi connectivity index (χ2n) is 5.28. The van der Waals surface area contributed by atoms with E-state index in [1.54, 1.807) is 4.90 Å². The van der Waals surface area contributed by atoms with E-state index in [1.165, 1.54) is 0 Å². The van der Waals surface area contributed by atoms with Crippen LogP contribution >= 0.6 is 12.2 Å². The number of hydrogen-bond acceptors (Lipinski definition) is 5. The normalized spacial score (nSPS) is 17.2. The maximum atomic E-state index is 11.8. The molecule has 1 aliphatic heterocycles. The first-order valence-corrected chi connectivity index (χ1v) is 6.57. The standard InChI is InChI=1S/C12H21N3O2S/c1-12(2,3)17-11(16)15-8-6-14(7-9-15)5-4-13-10-18/h4-9H2,1-3H3. The summed E-state index contributed by atoms with van der Waals surface area (Å²) in [5.74, 6) is 0. The summed E-state index contributed by atoms with van der Waals surface area (Å²) in [6, 6.07) is 0. The Balaban J connectivity index is 2.30. The molecule has 0 radical (unpaired) electrons. The van der Waals surface area contributed by atoms with Crippen molar-refractivity contribution >= 4 is 23.5 Å². The van der Waals surface area contributed by atoms with Crippen molar-refractivity contribution < 1.29 is 9.53 Å². The number of thiocarbonyl (C=S) groups is 1. The summed E-state index contributed by atoms with van der Waals surface area (Å²) < 4.78 is 5.34. The van der Waals surface area contributed by atoms with Crippen molar-refractivity contribution in [1.82, 2.24) is 9.80 Å². The van der Waals surface area contributed by atoms with Crippen LogP contribution in [0.1, 0.15) is 20.8 Å². The number of aliphatic imine (C=N–C) groups is 1.